The molecule has 0 saturated carbocycles. The number of hydrogen-bond acceptors (Lipinski definition) is 3. The van der Waals surface area contributed by atoms with E-state index in [1.807, 2.05) is 0 Å². The number of hydrogen-bond donors (Lipinski definition) is 1. The summed E-state index contributed by atoms with van der Waals surface area (Å²) < 4.78 is 19.4. The molecule has 0 atom stereocenters. The van der Waals surface area contributed by atoms with Crippen molar-refractivity contribution in [2.45, 2.75) is 19.3 Å². The number of nitrogens with two attached hydrogens (primary N) is 1. The number of rotatable bonds is 4. The molecule has 1 aromatic rings. The van der Waals surface area contributed by atoms with Gasteiger partial charge in [0, 0.05) is 26.3 Å². The Bertz CT molecular complexity index is 608. The van der Waals surface area contributed by atoms with E-state index >= 15 is 0 Å². The normalized spacial score (nSPS) is 20.8. The lowest BCUT2D eigenvalue weighted by Crippen LogP contribution is -2.59. The van der Waals surface area contributed by atoms with E-state index in [2.05, 4.69) is 0 Å². The zero-order chi connectivity index (χ0) is 16.4. The molecule has 2 aliphatic heterocycles. The topological polar surface area (TPSA) is 72.6 Å². The molecule has 0 aromatic heterocycles. The number of primary amides is 1. The Kier molecular flexibility index (Phi) is 4.35. The molecule has 0 bridgehead atoms. The van der Waals surface area contributed by atoms with E-state index in [9.17, 15) is 14.0 Å². The van der Waals surface area contributed by atoms with Crippen molar-refractivity contribution >= 4 is 11.8 Å². The minimum atomic E-state index is -0.650. The molecule has 0 aliphatic carbocycles. The summed E-state index contributed by atoms with van der Waals surface area (Å²) in [7, 11) is 0. The maximum Gasteiger partial charge on any atom is 0.229 e. The quantitative estimate of drug-likeness (QED) is 0.903. The molecule has 5 nitrogen and oxygen atoms in total. The maximum absolute atomic E-state index is 14.0. The van der Waals surface area contributed by atoms with Crippen molar-refractivity contribution in [3.8, 4) is 0 Å². The Morgan fingerprint density at radius 3 is 2.52 bits per heavy atom. The van der Waals surface area contributed by atoms with Crippen molar-refractivity contribution in [3.63, 3.8) is 0 Å². The summed E-state index contributed by atoms with van der Waals surface area (Å²) in [5, 5.41) is 0. The standard InChI is InChI=1S/C17H21FN2O3/c18-14-4-2-1-3-12(14)9-17(5-7-23-8-6-17)16(22)20-10-13(11-20)15(19)21/h1-4,13H,5-11H2,(H2,19,21). The molecule has 0 unspecified atom stereocenters. The van der Waals surface area contributed by atoms with Crippen LogP contribution in [0, 0.1) is 17.2 Å². The van der Waals surface area contributed by atoms with Crippen LogP contribution in [0.15, 0.2) is 24.3 Å². The monoisotopic (exact) mass is 320 g/mol. The van der Waals surface area contributed by atoms with Gasteiger partial charge in [-0.3, -0.25) is 9.59 Å². The van der Waals surface area contributed by atoms with Crippen molar-refractivity contribution < 1.29 is 18.7 Å². The van der Waals surface area contributed by atoms with E-state index in [-0.39, 0.29) is 23.5 Å². The summed E-state index contributed by atoms with van der Waals surface area (Å²) in [5.74, 6) is -0.931. The third-order valence-electron chi connectivity index (χ3n) is 4.96. The van der Waals surface area contributed by atoms with Gasteiger partial charge in [-0.15, -0.1) is 0 Å². The summed E-state index contributed by atoms with van der Waals surface area (Å²) in [6, 6.07) is 6.56. The fourth-order valence-corrected chi connectivity index (χ4v) is 3.39. The highest BCUT2D eigenvalue weighted by atomic mass is 19.1. The molecule has 0 radical (unpaired) electrons. The van der Waals surface area contributed by atoms with E-state index in [1.165, 1.54) is 6.07 Å². The minimum Gasteiger partial charge on any atom is -0.381 e. The van der Waals surface area contributed by atoms with E-state index in [4.69, 9.17) is 10.5 Å². The number of halogens is 1. The van der Waals surface area contributed by atoms with Gasteiger partial charge in [-0.25, -0.2) is 4.39 Å². The summed E-state index contributed by atoms with van der Waals surface area (Å²) in [6.45, 7) is 1.72. The van der Waals surface area contributed by atoms with Crippen LogP contribution in [0.1, 0.15) is 18.4 Å². The number of carbonyl (C=O) groups excluding carboxylic acids is 2. The number of carbonyl (C=O) groups is 2. The first-order chi connectivity index (χ1) is 11.0. The lowest BCUT2D eigenvalue weighted by atomic mass is 9.73. The molecule has 2 aliphatic rings. The van der Waals surface area contributed by atoms with E-state index in [0.717, 1.165) is 0 Å². The van der Waals surface area contributed by atoms with Crippen LogP contribution in [-0.2, 0) is 20.7 Å². The number of nitrogens with zero attached hydrogens (tertiary/aromatic N) is 1. The Morgan fingerprint density at radius 1 is 1.26 bits per heavy atom. The van der Waals surface area contributed by atoms with E-state index in [0.29, 0.717) is 51.1 Å². The SMILES string of the molecule is NC(=O)C1CN(C(=O)C2(Cc3ccccc3F)CCOCC2)C1. The van der Waals surface area contributed by atoms with Crippen LogP contribution in [0.4, 0.5) is 4.39 Å². The minimum absolute atomic E-state index is 0.0125. The predicted molar refractivity (Wildman–Crippen MR) is 81.9 cm³/mol. The smallest absolute Gasteiger partial charge is 0.229 e. The van der Waals surface area contributed by atoms with Gasteiger partial charge in [0.1, 0.15) is 5.82 Å². The molecular formula is C17H21FN2O3. The van der Waals surface area contributed by atoms with Crippen molar-refractivity contribution in [2.75, 3.05) is 26.3 Å². The van der Waals surface area contributed by atoms with Crippen LogP contribution in [0.3, 0.4) is 0 Å². The third-order valence-corrected chi connectivity index (χ3v) is 4.96. The van der Waals surface area contributed by atoms with Crippen LogP contribution in [0.2, 0.25) is 0 Å². The summed E-state index contributed by atoms with van der Waals surface area (Å²) in [5.41, 5.74) is 5.17. The van der Waals surface area contributed by atoms with Crippen molar-refractivity contribution in [3.05, 3.63) is 35.6 Å². The molecular weight excluding hydrogens is 299 g/mol. The highest BCUT2D eigenvalue weighted by Crippen LogP contribution is 2.38. The van der Waals surface area contributed by atoms with Crippen LogP contribution in [0.25, 0.3) is 0 Å². The van der Waals surface area contributed by atoms with Gasteiger partial charge < -0.3 is 15.4 Å². The lowest BCUT2D eigenvalue weighted by molar-refractivity contribution is -0.156. The van der Waals surface area contributed by atoms with Gasteiger partial charge in [-0.1, -0.05) is 18.2 Å². The molecule has 2 fully saturated rings. The van der Waals surface area contributed by atoms with Crippen LogP contribution >= 0.6 is 0 Å². The zero-order valence-corrected chi connectivity index (χ0v) is 13.0. The van der Waals surface area contributed by atoms with Gasteiger partial charge in [0.2, 0.25) is 11.8 Å². The zero-order valence-electron chi connectivity index (χ0n) is 13.0. The van der Waals surface area contributed by atoms with Crippen molar-refractivity contribution in [1.29, 1.82) is 0 Å². The van der Waals surface area contributed by atoms with E-state index < -0.39 is 5.41 Å². The van der Waals surface area contributed by atoms with Gasteiger partial charge in [0.25, 0.3) is 0 Å². The van der Waals surface area contributed by atoms with Gasteiger partial charge >= 0.3 is 0 Å². The van der Waals surface area contributed by atoms with Gasteiger partial charge in [-0.2, -0.15) is 0 Å². The first kappa shape index (κ1) is 15.9. The van der Waals surface area contributed by atoms with Crippen LogP contribution in [0.5, 0.6) is 0 Å². The summed E-state index contributed by atoms with van der Waals surface area (Å²) in [6.07, 6.45) is 1.50. The number of likely N-dealkylation sites (tertiary alicyclic amines) is 1. The first-order valence-electron chi connectivity index (χ1n) is 7.92. The largest absolute Gasteiger partial charge is 0.381 e. The Morgan fingerprint density at radius 2 is 1.91 bits per heavy atom. The molecule has 124 valence electrons. The number of benzene rings is 1. The fraction of sp³-hybridized carbons (Fsp3) is 0.529. The summed E-state index contributed by atoms with van der Waals surface area (Å²) in [4.78, 5) is 25.8. The average Bonchev–Trinajstić information content (AvgIpc) is 2.48. The fourth-order valence-electron chi connectivity index (χ4n) is 3.39. The number of ether oxygens (including phenoxy) is 1. The number of amides is 2. The lowest BCUT2D eigenvalue weighted by Gasteiger charge is -2.45. The van der Waals surface area contributed by atoms with Crippen LogP contribution < -0.4 is 5.73 Å². The maximum atomic E-state index is 14.0. The molecule has 0 spiro atoms. The molecule has 2 heterocycles. The second-order valence-electron chi connectivity index (χ2n) is 6.47. The first-order valence-corrected chi connectivity index (χ1v) is 7.92. The molecule has 2 N–H and O–H groups in total. The highest BCUT2D eigenvalue weighted by molar-refractivity contribution is 5.87. The van der Waals surface area contributed by atoms with Gasteiger partial charge in [0.05, 0.1) is 11.3 Å². The second kappa shape index (κ2) is 6.28. The highest BCUT2D eigenvalue weighted by Gasteiger charge is 2.46. The molecule has 1 aromatic carbocycles. The average molecular weight is 320 g/mol. The van der Waals surface area contributed by atoms with Crippen molar-refractivity contribution in [1.82, 2.24) is 4.90 Å². The van der Waals surface area contributed by atoms with Gasteiger partial charge in [-0.05, 0) is 30.9 Å². The molecule has 3 rings (SSSR count). The van der Waals surface area contributed by atoms with Gasteiger partial charge in [0.15, 0.2) is 0 Å². The summed E-state index contributed by atoms with van der Waals surface area (Å²) >= 11 is 0. The molecule has 2 amide bonds. The Balaban J connectivity index is 1.78. The van der Waals surface area contributed by atoms with Crippen LogP contribution in [-0.4, -0.2) is 43.0 Å². The molecule has 2 saturated heterocycles. The molecule has 6 heteroatoms. The Hall–Kier alpha value is -1.95. The second-order valence-corrected chi connectivity index (χ2v) is 6.47. The van der Waals surface area contributed by atoms with E-state index in [1.54, 1.807) is 23.1 Å². The van der Waals surface area contributed by atoms with Crippen molar-refractivity contribution in [2.24, 2.45) is 17.1 Å². The third kappa shape index (κ3) is 3.08. The molecule has 23 heavy (non-hydrogen) atoms. The Labute approximate surface area is 134 Å². The predicted octanol–water partition coefficient (Wildman–Crippen LogP) is 1.11.